The zero-order chi connectivity index (χ0) is 11.5. The van der Waals surface area contributed by atoms with Crippen LogP contribution in [-0.2, 0) is 22.5 Å². The summed E-state index contributed by atoms with van der Waals surface area (Å²) in [6.07, 6.45) is 2.81. The van der Waals surface area contributed by atoms with Crippen LogP contribution in [0.15, 0.2) is 6.20 Å². The molecule has 0 saturated heterocycles. The monoisotopic (exact) mass is 223 g/mol. The number of carbonyl (C=O) groups excluding carboxylic acids is 1. The first-order valence-corrected chi connectivity index (χ1v) is 5.71. The number of hydrogen-bond acceptors (Lipinski definition) is 4. The fraction of sp³-hybridized carbons (Fsp3) is 0.636. The normalized spacial score (nSPS) is 18.8. The molecule has 0 fully saturated rings. The molecule has 0 bridgehead atoms. The number of hydrogen-bond donors (Lipinski definition) is 1. The number of esters is 1. The lowest BCUT2D eigenvalue weighted by molar-refractivity contribution is -0.148. The number of nitrogens with zero attached hydrogens (tertiary/aromatic N) is 2. The second-order valence-electron chi connectivity index (χ2n) is 3.88. The van der Waals surface area contributed by atoms with E-state index >= 15 is 0 Å². The van der Waals surface area contributed by atoms with Crippen molar-refractivity contribution in [1.82, 2.24) is 9.78 Å². The van der Waals surface area contributed by atoms with E-state index in [0.717, 1.165) is 12.2 Å². The van der Waals surface area contributed by atoms with Crippen LogP contribution < -0.4 is 5.32 Å². The van der Waals surface area contributed by atoms with Gasteiger partial charge in [0.2, 0.25) is 0 Å². The van der Waals surface area contributed by atoms with Crippen LogP contribution in [-0.4, -0.2) is 28.9 Å². The van der Waals surface area contributed by atoms with Gasteiger partial charge in [0.25, 0.3) is 0 Å². The standard InChI is InChI=1S/C11H17N3O2/c1-3-8-6-13-14-7-9(5-12-10(8)14)11(15)16-4-2/h6,9,12H,3-5,7H2,1-2H3. The van der Waals surface area contributed by atoms with Crippen LogP contribution in [0.3, 0.4) is 0 Å². The lowest BCUT2D eigenvalue weighted by atomic mass is 10.1. The Bertz CT molecular complexity index is 387. The van der Waals surface area contributed by atoms with Gasteiger partial charge in [-0.05, 0) is 13.3 Å². The summed E-state index contributed by atoms with van der Waals surface area (Å²) in [6, 6.07) is 0. The number of rotatable bonds is 3. The van der Waals surface area contributed by atoms with Crippen molar-refractivity contribution in [2.45, 2.75) is 26.8 Å². The second-order valence-corrected chi connectivity index (χ2v) is 3.88. The number of anilines is 1. The molecule has 2 rings (SSSR count). The summed E-state index contributed by atoms with van der Waals surface area (Å²) in [6.45, 7) is 5.60. The SMILES string of the molecule is CCOC(=O)C1CNc2c(CC)cnn2C1. The van der Waals surface area contributed by atoms with Crippen molar-refractivity contribution in [3.05, 3.63) is 11.8 Å². The Morgan fingerprint density at radius 3 is 3.19 bits per heavy atom. The van der Waals surface area contributed by atoms with Gasteiger partial charge >= 0.3 is 5.97 Å². The second kappa shape index (κ2) is 4.55. The van der Waals surface area contributed by atoms with Gasteiger partial charge in [-0.2, -0.15) is 5.10 Å². The maximum absolute atomic E-state index is 11.6. The van der Waals surface area contributed by atoms with Crippen molar-refractivity contribution in [2.24, 2.45) is 5.92 Å². The quantitative estimate of drug-likeness (QED) is 0.778. The van der Waals surface area contributed by atoms with E-state index in [-0.39, 0.29) is 11.9 Å². The van der Waals surface area contributed by atoms with Gasteiger partial charge in [-0.15, -0.1) is 0 Å². The Labute approximate surface area is 94.8 Å². The van der Waals surface area contributed by atoms with Gasteiger partial charge < -0.3 is 10.1 Å². The molecule has 88 valence electrons. The highest BCUT2D eigenvalue weighted by atomic mass is 16.5. The molecule has 0 amide bonds. The van der Waals surface area contributed by atoms with E-state index in [1.165, 1.54) is 5.56 Å². The van der Waals surface area contributed by atoms with Crippen molar-refractivity contribution < 1.29 is 9.53 Å². The lowest BCUT2D eigenvalue weighted by Crippen LogP contribution is -2.34. The Morgan fingerprint density at radius 1 is 1.69 bits per heavy atom. The van der Waals surface area contributed by atoms with E-state index in [1.54, 1.807) is 0 Å². The van der Waals surface area contributed by atoms with Gasteiger partial charge in [-0.25, -0.2) is 4.68 Å². The maximum atomic E-state index is 11.6. The number of nitrogens with one attached hydrogen (secondary N) is 1. The summed E-state index contributed by atoms with van der Waals surface area (Å²) in [7, 11) is 0. The minimum atomic E-state index is -0.144. The fourth-order valence-electron chi connectivity index (χ4n) is 1.94. The van der Waals surface area contributed by atoms with Crippen LogP contribution in [0.5, 0.6) is 0 Å². The van der Waals surface area contributed by atoms with E-state index < -0.39 is 0 Å². The maximum Gasteiger partial charge on any atom is 0.312 e. The van der Waals surface area contributed by atoms with Crippen LogP contribution in [0, 0.1) is 5.92 Å². The zero-order valence-electron chi connectivity index (χ0n) is 9.69. The molecule has 1 aliphatic heterocycles. The molecule has 16 heavy (non-hydrogen) atoms. The summed E-state index contributed by atoms with van der Waals surface area (Å²) in [5, 5.41) is 7.52. The summed E-state index contributed by atoms with van der Waals surface area (Å²) in [5.74, 6) is 0.773. The van der Waals surface area contributed by atoms with Crippen LogP contribution in [0.2, 0.25) is 0 Å². The smallest absolute Gasteiger partial charge is 0.312 e. The predicted octanol–water partition coefficient (Wildman–Crippen LogP) is 1.05. The highest BCUT2D eigenvalue weighted by molar-refractivity contribution is 5.73. The molecule has 5 nitrogen and oxygen atoms in total. The van der Waals surface area contributed by atoms with Crippen molar-refractivity contribution in [3.63, 3.8) is 0 Å². The Hall–Kier alpha value is -1.52. The minimum absolute atomic E-state index is 0.128. The fourth-order valence-corrected chi connectivity index (χ4v) is 1.94. The number of aromatic nitrogens is 2. The highest BCUT2D eigenvalue weighted by Crippen LogP contribution is 2.22. The molecule has 1 atom stereocenters. The summed E-state index contributed by atoms with van der Waals surface area (Å²) >= 11 is 0. The molecule has 0 aromatic carbocycles. The Kier molecular flexibility index (Phi) is 3.12. The first kappa shape index (κ1) is 11.0. The van der Waals surface area contributed by atoms with Crippen molar-refractivity contribution in [2.75, 3.05) is 18.5 Å². The molecule has 0 saturated carbocycles. The molecule has 1 unspecified atom stereocenters. The number of ether oxygens (including phenoxy) is 1. The number of aryl methyl sites for hydroxylation is 1. The average molecular weight is 223 g/mol. The first-order chi connectivity index (χ1) is 7.76. The summed E-state index contributed by atoms with van der Waals surface area (Å²) in [4.78, 5) is 11.6. The molecular formula is C11H17N3O2. The third-order valence-corrected chi connectivity index (χ3v) is 2.83. The molecule has 1 aromatic heterocycles. The van der Waals surface area contributed by atoms with Crippen molar-refractivity contribution in [3.8, 4) is 0 Å². The summed E-state index contributed by atoms with van der Waals surface area (Å²) in [5.41, 5.74) is 1.20. The molecule has 5 heteroatoms. The third-order valence-electron chi connectivity index (χ3n) is 2.83. The van der Waals surface area contributed by atoms with Crippen LogP contribution in [0.25, 0.3) is 0 Å². The molecule has 0 radical (unpaired) electrons. The van der Waals surface area contributed by atoms with E-state index in [0.29, 0.717) is 19.7 Å². The van der Waals surface area contributed by atoms with Crippen LogP contribution >= 0.6 is 0 Å². The number of carbonyl (C=O) groups is 1. The molecule has 2 heterocycles. The zero-order valence-corrected chi connectivity index (χ0v) is 9.69. The molecule has 1 aromatic rings. The lowest BCUT2D eigenvalue weighted by Gasteiger charge is -2.24. The van der Waals surface area contributed by atoms with Gasteiger partial charge in [0.05, 0.1) is 25.3 Å². The van der Waals surface area contributed by atoms with E-state index in [2.05, 4.69) is 17.3 Å². The molecule has 0 spiro atoms. The molecule has 0 aliphatic carbocycles. The molecule has 1 aliphatic rings. The van der Waals surface area contributed by atoms with Gasteiger partial charge in [-0.3, -0.25) is 4.79 Å². The van der Waals surface area contributed by atoms with E-state index in [9.17, 15) is 4.79 Å². The third kappa shape index (κ3) is 1.89. The van der Waals surface area contributed by atoms with Gasteiger partial charge in [0.1, 0.15) is 5.82 Å². The van der Waals surface area contributed by atoms with Gasteiger partial charge in [0, 0.05) is 12.1 Å². The van der Waals surface area contributed by atoms with Crippen molar-refractivity contribution >= 4 is 11.8 Å². The van der Waals surface area contributed by atoms with Crippen LogP contribution in [0.4, 0.5) is 5.82 Å². The minimum Gasteiger partial charge on any atom is -0.466 e. The Balaban J connectivity index is 2.09. The predicted molar refractivity (Wildman–Crippen MR) is 60.2 cm³/mol. The van der Waals surface area contributed by atoms with E-state index in [1.807, 2.05) is 17.8 Å². The topological polar surface area (TPSA) is 56.1 Å². The molecule has 1 N–H and O–H groups in total. The highest BCUT2D eigenvalue weighted by Gasteiger charge is 2.27. The van der Waals surface area contributed by atoms with Crippen LogP contribution in [0.1, 0.15) is 19.4 Å². The largest absolute Gasteiger partial charge is 0.466 e. The van der Waals surface area contributed by atoms with Gasteiger partial charge in [-0.1, -0.05) is 6.92 Å². The average Bonchev–Trinajstić information content (AvgIpc) is 2.71. The van der Waals surface area contributed by atoms with E-state index in [4.69, 9.17) is 4.74 Å². The number of fused-ring (bicyclic) bond motifs is 1. The molecular weight excluding hydrogens is 206 g/mol. The van der Waals surface area contributed by atoms with Crippen molar-refractivity contribution in [1.29, 1.82) is 0 Å². The van der Waals surface area contributed by atoms with Gasteiger partial charge in [0.15, 0.2) is 0 Å². The first-order valence-electron chi connectivity index (χ1n) is 5.71. The Morgan fingerprint density at radius 2 is 2.50 bits per heavy atom. The summed E-state index contributed by atoms with van der Waals surface area (Å²) < 4.78 is 6.86.